The first-order valence-corrected chi connectivity index (χ1v) is 8.27. The number of thiophene rings is 1. The van der Waals surface area contributed by atoms with Gasteiger partial charge in [0.25, 0.3) is 5.91 Å². The Morgan fingerprint density at radius 1 is 1.33 bits per heavy atom. The lowest BCUT2D eigenvalue weighted by Gasteiger charge is -2.37. The first-order valence-electron chi connectivity index (χ1n) is 7.45. The van der Waals surface area contributed by atoms with Crippen LogP contribution in [0.1, 0.15) is 28.9 Å². The van der Waals surface area contributed by atoms with E-state index >= 15 is 0 Å². The SMILES string of the molecule is Nc1c(C(=O)N2CCOC3CCCC32)sc2ccccc12. The molecule has 0 radical (unpaired) electrons. The molecule has 1 aromatic carbocycles. The van der Waals surface area contributed by atoms with Crippen LogP contribution in [0.2, 0.25) is 0 Å². The highest BCUT2D eigenvalue weighted by Crippen LogP contribution is 2.37. The number of hydrogen-bond acceptors (Lipinski definition) is 4. The summed E-state index contributed by atoms with van der Waals surface area (Å²) < 4.78 is 6.86. The topological polar surface area (TPSA) is 55.6 Å². The van der Waals surface area contributed by atoms with Crippen molar-refractivity contribution in [2.45, 2.75) is 31.4 Å². The maximum Gasteiger partial charge on any atom is 0.266 e. The van der Waals surface area contributed by atoms with Gasteiger partial charge in [-0.05, 0) is 25.3 Å². The highest BCUT2D eigenvalue weighted by molar-refractivity contribution is 7.21. The van der Waals surface area contributed by atoms with Gasteiger partial charge in [0, 0.05) is 16.6 Å². The molecule has 2 N–H and O–H groups in total. The molecule has 2 aromatic rings. The van der Waals surface area contributed by atoms with E-state index in [4.69, 9.17) is 10.5 Å². The average molecular weight is 302 g/mol. The zero-order chi connectivity index (χ0) is 14.4. The van der Waals surface area contributed by atoms with Crippen molar-refractivity contribution >= 4 is 33.0 Å². The van der Waals surface area contributed by atoms with Gasteiger partial charge in [0.15, 0.2) is 0 Å². The predicted octanol–water partition coefficient (Wildman–Crippen LogP) is 2.88. The minimum atomic E-state index is 0.0777. The number of nitrogens with zero attached hydrogens (tertiary/aromatic N) is 1. The van der Waals surface area contributed by atoms with Gasteiger partial charge in [-0.2, -0.15) is 0 Å². The lowest BCUT2D eigenvalue weighted by Crippen LogP contribution is -2.51. The fourth-order valence-electron chi connectivity index (χ4n) is 3.53. The standard InChI is InChI=1S/C16H18N2O2S/c17-14-10-4-1-2-7-13(10)21-15(14)16(19)18-8-9-20-12-6-3-5-11(12)18/h1-2,4,7,11-12H,3,5-6,8-9,17H2. The quantitative estimate of drug-likeness (QED) is 0.881. The van der Waals surface area contributed by atoms with E-state index in [1.807, 2.05) is 29.2 Å². The highest BCUT2D eigenvalue weighted by atomic mass is 32.1. The average Bonchev–Trinajstić information content (AvgIpc) is 3.11. The molecule has 0 bridgehead atoms. The summed E-state index contributed by atoms with van der Waals surface area (Å²) in [5.74, 6) is 0.0777. The van der Waals surface area contributed by atoms with Gasteiger partial charge in [-0.1, -0.05) is 18.2 Å². The van der Waals surface area contributed by atoms with Crippen LogP contribution in [0.3, 0.4) is 0 Å². The number of amides is 1. The molecule has 4 rings (SSSR count). The van der Waals surface area contributed by atoms with Crippen molar-refractivity contribution in [1.29, 1.82) is 0 Å². The number of ether oxygens (including phenoxy) is 1. The molecular weight excluding hydrogens is 284 g/mol. The van der Waals surface area contributed by atoms with Gasteiger partial charge in [0.2, 0.25) is 0 Å². The molecule has 2 atom stereocenters. The number of nitrogens with two attached hydrogens (primary N) is 1. The van der Waals surface area contributed by atoms with Crippen molar-refractivity contribution < 1.29 is 9.53 Å². The third-order valence-electron chi connectivity index (χ3n) is 4.57. The number of anilines is 1. The number of hydrogen-bond donors (Lipinski definition) is 1. The van der Waals surface area contributed by atoms with Crippen LogP contribution in [-0.2, 0) is 4.74 Å². The maximum absolute atomic E-state index is 12.9. The van der Waals surface area contributed by atoms with E-state index in [1.54, 1.807) is 0 Å². The molecule has 1 saturated carbocycles. The van der Waals surface area contributed by atoms with Gasteiger partial charge in [-0.15, -0.1) is 11.3 Å². The first kappa shape index (κ1) is 13.1. The molecule has 2 unspecified atom stereocenters. The van der Waals surface area contributed by atoms with Crippen LogP contribution in [0.15, 0.2) is 24.3 Å². The van der Waals surface area contributed by atoms with Crippen molar-refractivity contribution in [1.82, 2.24) is 4.90 Å². The van der Waals surface area contributed by atoms with Crippen LogP contribution in [0.4, 0.5) is 5.69 Å². The van der Waals surface area contributed by atoms with E-state index in [-0.39, 0.29) is 18.1 Å². The lowest BCUT2D eigenvalue weighted by atomic mass is 10.1. The van der Waals surface area contributed by atoms with Crippen molar-refractivity contribution in [3.8, 4) is 0 Å². The Bertz CT molecular complexity index is 697. The molecule has 4 nitrogen and oxygen atoms in total. The largest absolute Gasteiger partial charge is 0.397 e. The normalized spacial score (nSPS) is 25.2. The Hall–Kier alpha value is -1.59. The number of morpholine rings is 1. The zero-order valence-corrected chi connectivity index (χ0v) is 12.6. The Balaban J connectivity index is 1.71. The van der Waals surface area contributed by atoms with E-state index in [2.05, 4.69) is 0 Å². The summed E-state index contributed by atoms with van der Waals surface area (Å²) in [6.07, 6.45) is 3.47. The minimum absolute atomic E-state index is 0.0777. The first-order chi connectivity index (χ1) is 10.3. The fraction of sp³-hybridized carbons (Fsp3) is 0.438. The van der Waals surface area contributed by atoms with Crippen LogP contribution in [-0.4, -0.2) is 36.1 Å². The molecule has 1 aliphatic carbocycles. The number of rotatable bonds is 1. The van der Waals surface area contributed by atoms with E-state index in [0.717, 1.165) is 29.3 Å². The second-order valence-corrected chi connectivity index (χ2v) is 6.80. The second-order valence-electron chi connectivity index (χ2n) is 5.75. The summed E-state index contributed by atoms with van der Waals surface area (Å²) in [5.41, 5.74) is 6.84. The molecule has 1 aliphatic heterocycles. The van der Waals surface area contributed by atoms with Crippen molar-refractivity contribution in [3.05, 3.63) is 29.1 Å². The molecule has 5 heteroatoms. The molecule has 2 fully saturated rings. The van der Waals surface area contributed by atoms with Gasteiger partial charge in [0.1, 0.15) is 4.88 Å². The summed E-state index contributed by atoms with van der Waals surface area (Å²) in [6, 6.07) is 8.17. The molecule has 1 aromatic heterocycles. The van der Waals surface area contributed by atoms with Crippen LogP contribution in [0, 0.1) is 0 Å². The molecule has 1 amide bonds. The molecule has 1 saturated heterocycles. The number of carbonyl (C=O) groups excluding carboxylic acids is 1. The Morgan fingerprint density at radius 3 is 3.05 bits per heavy atom. The van der Waals surface area contributed by atoms with E-state index < -0.39 is 0 Å². The van der Waals surface area contributed by atoms with Gasteiger partial charge < -0.3 is 15.4 Å². The Kier molecular flexibility index (Phi) is 3.12. The van der Waals surface area contributed by atoms with E-state index in [1.165, 1.54) is 11.3 Å². The van der Waals surface area contributed by atoms with Crippen LogP contribution in [0.5, 0.6) is 0 Å². The lowest BCUT2D eigenvalue weighted by molar-refractivity contribution is -0.0443. The zero-order valence-electron chi connectivity index (χ0n) is 11.7. The Labute approximate surface area is 127 Å². The van der Waals surface area contributed by atoms with Gasteiger partial charge in [-0.3, -0.25) is 4.79 Å². The van der Waals surface area contributed by atoms with Crippen molar-refractivity contribution in [3.63, 3.8) is 0 Å². The molecule has 0 spiro atoms. The summed E-state index contributed by atoms with van der Waals surface area (Å²) in [5, 5.41) is 0.988. The predicted molar refractivity (Wildman–Crippen MR) is 84.7 cm³/mol. The molecular formula is C16H18N2O2S. The van der Waals surface area contributed by atoms with Crippen molar-refractivity contribution in [2.24, 2.45) is 0 Å². The molecule has 2 heterocycles. The third kappa shape index (κ3) is 2.03. The minimum Gasteiger partial charge on any atom is -0.397 e. The number of nitrogen functional groups attached to an aromatic ring is 1. The monoisotopic (exact) mass is 302 g/mol. The summed E-state index contributed by atoms with van der Waals surface area (Å²) >= 11 is 1.50. The van der Waals surface area contributed by atoms with Gasteiger partial charge >= 0.3 is 0 Å². The van der Waals surface area contributed by atoms with Crippen molar-refractivity contribution in [2.75, 3.05) is 18.9 Å². The Morgan fingerprint density at radius 2 is 2.19 bits per heavy atom. The molecule has 2 aliphatic rings. The van der Waals surface area contributed by atoms with Gasteiger partial charge in [-0.25, -0.2) is 0 Å². The molecule has 110 valence electrons. The van der Waals surface area contributed by atoms with Gasteiger partial charge in [0.05, 0.1) is 24.4 Å². The number of carbonyl (C=O) groups is 1. The summed E-state index contributed by atoms with van der Waals surface area (Å²) in [6.45, 7) is 1.31. The maximum atomic E-state index is 12.9. The number of fused-ring (bicyclic) bond motifs is 2. The van der Waals surface area contributed by atoms with Crippen LogP contribution in [0.25, 0.3) is 10.1 Å². The third-order valence-corrected chi connectivity index (χ3v) is 5.75. The van der Waals surface area contributed by atoms with E-state index in [0.29, 0.717) is 23.7 Å². The molecule has 21 heavy (non-hydrogen) atoms. The van der Waals surface area contributed by atoms with E-state index in [9.17, 15) is 4.79 Å². The smallest absolute Gasteiger partial charge is 0.266 e. The fourth-order valence-corrected chi connectivity index (χ4v) is 4.61. The summed E-state index contributed by atoms with van der Waals surface area (Å²) in [7, 11) is 0. The van der Waals surface area contributed by atoms with Crippen LogP contribution >= 0.6 is 11.3 Å². The second kappa shape index (κ2) is 5.00. The van der Waals surface area contributed by atoms with Crippen LogP contribution < -0.4 is 5.73 Å². The number of benzene rings is 1. The summed E-state index contributed by atoms with van der Waals surface area (Å²) in [4.78, 5) is 15.6. The highest BCUT2D eigenvalue weighted by Gasteiger charge is 2.39.